The molecule has 0 atom stereocenters. The summed E-state index contributed by atoms with van der Waals surface area (Å²) < 4.78 is 4.75. The minimum absolute atomic E-state index is 0.438. The van der Waals surface area contributed by atoms with Crippen molar-refractivity contribution in [2.45, 2.75) is 46.6 Å². The number of thiazole rings is 1. The fourth-order valence-corrected chi connectivity index (χ4v) is 5.24. The van der Waals surface area contributed by atoms with E-state index in [1.165, 1.54) is 6.33 Å². The van der Waals surface area contributed by atoms with E-state index in [0.29, 0.717) is 6.04 Å². The largest absolute Gasteiger partial charge is 0.328 e. The van der Waals surface area contributed by atoms with Crippen LogP contribution in [0.5, 0.6) is 0 Å². The lowest BCUT2D eigenvalue weighted by Gasteiger charge is -2.16. The van der Waals surface area contributed by atoms with Crippen LogP contribution in [0.2, 0.25) is 0 Å². The van der Waals surface area contributed by atoms with Gasteiger partial charge in [-0.3, -0.25) is 0 Å². The van der Waals surface area contributed by atoms with Gasteiger partial charge in [0, 0.05) is 19.3 Å². The highest BCUT2D eigenvalue weighted by molar-refractivity contribution is 9.10. The van der Waals surface area contributed by atoms with Crippen molar-refractivity contribution in [3.8, 4) is 21.4 Å². The Hall–Kier alpha value is -2.13. The van der Waals surface area contributed by atoms with Gasteiger partial charge in [-0.25, -0.2) is 24.6 Å². The second-order valence-electron chi connectivity index (χ2n) is 6.87. The Bertz CT molecular complexity index is 1150. The Labute approximate surface area is 176 Å². The first-order chi connectivity index (χ1) is 13.4. The average Bonchev–Trinajstić information content (AvgIpc) is 3.34. The highest BCUT2D eigenvalue weighted by Crippen LogP contribution is 2.39. The molecule has 0 saturated carbocycles. The van der Waals surface area contributed by atoms with Gasteiger partial charge in [-0.1, -0.05) is 13.8 Å². The van der Waals surface area contributed by atoms with E-state index in [-0.39, 0.29) is 0 Å². The summed E-state index contributed by atoms with van der Waals surface area (Å²) in [7, 11) is 1.86. The number of halogens is 1. The van der Waals surface area contributed by atoms with E-state index in [4.69, 9.17) is 9.97 Å². The molecule has 4 aromatic heterocycles. The maximum Gasteiger partial charge on any atom is 0.187 e. The van der Waals surface area contributed by atoms with Gasteiger partial charge in [0.05, 0.1) is 10.6 Å². The van der Waals surface area contributed by atoms with Gasteiger partial charge >= 0.3 is 0 Å². The molecule has 0 saturated heterocycles. The van der Waals surface area contributed by atoms with Gasteiger partial charge in [0.15, 0.2) is 16.5 Å². The van der Waals surface area contributed by atoms with E-state index >= 15 is 0 Å². The van der Waals surface area contributed by atoms with E-state index in [0.717, 1.165) is 61.3 Å². The first-order valence-corrected chi connectivity index (χ1v) is 10.9. The molecular weight excluding hydrogens is 438 g/mol. The second kappa shape index (κ2) is 7.36. The normalized spacial score (nSPS) is 11.8. The van der Waals surface area contributed by atoms with Crippen LogP contribution >= 0.6 is 27.3 Å². The van der Waals surface area contributed by atoms with Crippen LogP contribution < -0.4 is 0 Å². The van der Waals surface area contributed by atoms with Gasteiger partial charge in [0.1, 0.15) is 22.1 Å². The van der Waals surface area contributed by atoms with Crippen LogP contribution in [-0.4, -0.2) is 34.3 Å². The third kappa shape index (κ3) is 3.06. The molecule has 9 heteroatoms. The SMILES string of the molecule is CCC(CC)n1cc(C)c2nc(-c3sc(-c4ncnn4C)nc3Br)c(C)nc21. The highest BCUT2D eigenvalue weighted by Gasteiger charge is 2.21. The van der Waals surface area contributed by atoms with E-state index in [1.807, 2.05) is 14.0 Å². The maximum absolute atomic E-state index is 5.01. The monoisotopic (exact) mass is 459 g/mol. The van der Waals surface area contributed by atoms with Gasteiger partial charge in [0.2, 0.25) is 0 Å². The summed E-state index contributed by atoms with van der Waals surface area (Å²) in [6.07, 6.45) is 5.86. The van der Waals surface area contributed by atoms with Gasteiger partial charge < -0.3 is 4.57 Å². The minimum atomic E-state index is 0.438. The molecule has 28 heavy (non-hydrogen) atoms. The van der Waals surface area contributed by atoms with Crippen molar-refractivity contribution in [3.05, 3.63) is 28.4 Å². The maximum atomic E-state index is 5.01. The standard InChI is InChI=1S/C19H22BrN7S/c1-6-12(7-2)27-8-10(3)13-17(27)23-11(4)14(24-13)15-16(20)25-19(28-15)18-21-9-22-26(18)5/h8-9,12H,6-7H2,1-5H3. The highest BCUT2D eigenvalue weighted by atomic mass is 79.9. The summed E-state index contributed by atoms with van der Waals surface area (Å²) in [5, 5.41) is 4.94. The summed E-state index contributed by atoms with van der Waals surface area (Å²) >= 11 is 5.15. The first kappa shape index (κ1) is 19.2. The molecule has 0 aromatic carbocycles. The number of hydrogen-bond donors (Lipinski definition) is 0. The lowest BCUT2D eigenvalue weighted by Crippen LogP contribution is -2.07. The molecular formula is C19H22BrN7S. The van der Waals surface area contributed by atoms with Gasteiger partial charge in [-0.15, -0.1) is 11.3 Å². The first-order valence-electron chi connectivity index (χ1n) is 9.31. The fourth-order valence-electron chi connectivity index (χ4n) is 3.49. The van der Waals surface area contributed by atoms with Crippen LogP contribution in [0.15, 0.2) is 17.1 Å². The van der Waals surface area contributed by atoms with Gasteiger partial charge in [-0.05, 0) is 48.2 Å². The zero-order chi connectivity index (χ0) is 20.0. The van der Waals surface area contributed by atoms with E-state index in [2.05, 4.69) is 62.5 Å². The summed E-state index contributed by atoms with van der Waals surface area (Å²) in [5.74, 6) is 0.736. The number of rotatable bonds is 5. The summed E-state index contributed by atoms with van der Waals surface area (Å²) in [6, 6.07) is 0.438. The molecule has 0 aliphatic carbocycles. The Kier molecular flexibility index (Phi) is 5.05. The van der Waals surface area contributed by atoms with Crippen molar-refractivity contribution < 1.29 is 0 Å². The Morgan fingerprint density at radius 2 is 1.89 bits per heavy atom. The van der Waals surface area contributed by atoms with Crippen LogP contribution in [-0.2, 0) is 7.05 Å². The van der Waals surface area contributed by atoms with Crippen molar-refractivity contribution in [3.63, 3.8) is 0 Å². The Balaban J connectivity index is 1.87. The lowest BCUT2D eigenvalue weighted by atomic mass is 10.2. The predicted molar refractivity (Wildman–Crippen MR) is 115 cm³/mol. The van der Waals surface area contributed by atoms with E-state index in [1.54, 1.807) is 16.0 Å². The lowest BCUT2D eigenvalue weighted by molar-refractivity contribution is 0.482. The second-order valence-corrected chi connectivity index (χ2v) is 8.62. The van der Waals surface area contributed by atoms with Crippen LogP contribution in [0.4, 0.5) is 0 Å². The van der Waals surface area contributed by atoms with Crippen molar-refractivity contribution in [2.24, 2.45) is 7.05 Å². The molecule has 0 aliphatic rings. The number of aromatic nitrogens is 7. The van der Waals surface area contributed by atoms with E-state index < -0.39 is 0 Å². The molecule has 0 fully saturated rings. The number of aryl methyl sites for hydroxylation is 3. The van der Waals surface area contributed by atoms with Crippen molar-refractivity contribution >= 4 is 38.4 Å². The predicted octanol–water partition coefficient (Wildman–Crippen LogP) is 5.09. The molecule has 0 unspecified atom stereocenters. The molecule has 0 spiro atoms. The molecule has 0 N–H and O–H groups in total. The molecule has 4 rings (SSSR count). The fraction of sp³-hybridized carbons (Fsp3) is 0.421. The smallest absolute Gasteiger partial charge is 0.187 e. The Morgan fingerprint density at radius 1 is 1.14 bits per heavy atom. The van der Waals surface area contributed by atoms with Crippen molar-refractivity contribution in [1.82, 2.24) is 34.3 Å². The molecule has 146 valence electrons. The topological polar surface area (TPSA) is 74.3 Å². The zero-order valence-electron chi connectivity index (χ0n) is 16.6. The molecule has 4 aromatic rings. The quantitative estimate of drug-likeness (QED) is 0.415. The van der Waals surface area contributed by atoms with Crippen LogP contribution in [0, 0.1) is 13.8 Å². The van der Waals surface area contributed by atoms with Crippen LogP contribution in [0.25, 0.3) is 32.6 Å². The summed E-state index contributed by atoms with van der Waals surface area (Å²) in [4.78, 5) is 19.8. The minimum Gasteiger partial charge on any atom is -0.328 e. The summed E-state index contributed by atoms with van der Waals surface area (Å²) in [6.45, 7) is 8.54. The Morgan fingerprint density at radius 3 is 2.54 bits per heavy atom. The molecule has 4 heterocycles. The van der Waals surface area contributed by atoms with Gasteiger partial charge in [0.25, 0.3) is 0 Å². The van der Waals surface area contributed by atoms with Crippen LogP contribution in [0.3, 0.4) is 0 Å². The number of hydrogen-bond acceptors (Lipinski definition) is 6. The third-order valence-electron chi connectivity index (χ3n) is 5.04. The van der Waals surface area contributed by atoms with Crippen LogP contribution in [0.1, 0.15) is 44.0 Å². The number of fused-ring (bicyclic) bond motifs is 1. The van der Waals surface area contributed by atoms with Gasteiger partial charge in [-0.2, -0.15) is 5.10 Å². The summed E-state index contributed by atoms with van der Waals surface area (Å²) in [5.41, 5.74) is 4.81. The zero-order valence-corrected chi connectivity index (χ0v) is 19.0. The van der Waals surface area contributed by atoms with E-state index in [9.17, 15) is 0 Å². The molecule has 0 aliphatic heterocycles. The average molecular weight is 460 g/mol. The molecule has 0 radical (unpaired) electrons. The van der Waals surface area contributed by atoms with Crippen molar-refractivity contribution in [2.75, 3.05) is 0 Å². The number of nitrogens with zero attached hydrogens (tertiary/aromatic N) is 7. The molecule has 0 amide bonds. The third-order valence-corrected chi connectivity index (χ3v) is 6.94. The molecule has 7 nitrogen and oxygen atoms in total. The van der Waals surface area contributed by atoms with Crippen molar-refractivity contribution in [1.29, 1.82) is 0 Å². The molecule has 0 bridgehead atoms.